The van der Waals surface area contributed by atoms with Crippen molar-refractivity contribution >= 4 is 5.91 Å². The van der Waals surface area contributed by atoms with Crippen molar-refractivity contribution in [2.75, 3.05) is 13.1 Å². The lowest BCUT2D eigenvalue weighted by atomic mass is 10.3. The molecule has 0 spiro atoms. The number of aromatic nitrogens is 2. The average Bonchev–Trinajstić information content (AvgIpc) is 2.75. The Labute approximate surface area is 77.1 Å². The fraction of sp³-hybridized carbons (Fsp3) is 0.556. The molecule has 1 atom stereocenters. The van der Waals surface area contributed by atoms with Crippen LogP contribution in [0.4, 0.5) is 0 Å². The van der Waals surface area contributed by atoms with Crippen LogP contribution in [0.15, 0.2) is 12.4 Å². The van der Waals surface area contributed by atoms with Crippen molar-refractivity contribution < 1.29 is 4.79 Å². The highest BCUT2D eigenvalue weighted by molar-refractivity contribution is 5.73. The minimum atomic E-state index is 0.152. The quantitative estimate of drug-likeness (QED) is 0.627. The third kappa shape index (κ3) is 1.56. The van der Waals surface area contributed by atoms with E-state index in [2.05, 4.69) is 11.2 Å². The Kier molecular flexibility index (Phi) is 2.04. The zero-order valence-electron chi connectivity index (χ0n) is 7.60. The Morgan fingerprint density at radius 2 is 2.54 bits per heavy atom. The zero-order valence-corrected chi connectivity index (χ0v) is 7.60. The van der Waals surface area contributed by atoms with Crippen LogP contribution in [0, 0.1) is 6.07 Å². The summed E-state index contributed by atoms with van der Waals surface area (Å²) in [6.07, 6.45) is 4.47. The first kappa shape index (κ1) is 8.29. The molecule has 0 bridgehead atoms. The molecule has 1 aliphatic heterocycles. The Balaban J connectivity index is 2.03. The van der Waals surface area contributed by atoms with Crippen molar-refractivity contribution in [2.24, 2.45) is 0 Å². The summed E-state index contributed by atoms with van der Waals surface area (Å²) >= 11 is 0. The minimum absolute atomic E-state index is 0.152. The number of hydrogen-bond acceptors (Lipinski definition) is 2. The van der Waals surface area contributed by atoms with Crippen molar-refractivity contribution in [1.29, 1.82) is 0 Å². The summed E-state index contributed by atoms with van der Waals surface area (Å²) in [7, 11) is 0. The van der Waals surface area contributed by atoms with Gasteiger partial charge in [-0.05, 0) is 6.42 Å². The van der Waals surface area contributed by atoms with Crippen molar-refractivity contribution in [3.8, 4) is 0 Å². The molecule has 1 aromatic rings. The van der Waals surface area contributed by atoms with Gasteiger partial charge in [-0.2, -0.15) is 5.10 Å². The van der Waals surface area contributed by atoms with E-state index < -0.39 is 0 Å². The fourth-order valence-electron chi connectivity index (χ4n) is 1.69. The second-order valence-corrected chi connectivity index (χ2v) is 3.33. The molecule has 1 aromatic heterocycles. The van der Waals surface area contributed by atoms with E-state index in [1.54, 1.807) is 13.1 Å². The van der Waals surface area contributed by atoms with Gasteiger partial charge in [0.2, 0.25) is 5.91 Å². The van der Waals surface area contributed by atoms with E-state index in [1.807, 2.05) is 15.8 Å². The summed E-state index contributed by atoms with van der Waals surface area (Å²) in [6.45, 7) is 3.24. The smallest absolute Gasteiger partial charge is 0.219 e. The molecule has 69 valence electrons. The molecule has 1 aliphatic rings. The summed E-state index contributed by atoms with van der Waals surface area (Å²) in [4.78, 5) is 12.9. The van der Waals surface area contributed by atoms with E-state index in [9.17, 15) is 4.79 Å². The molecule has 0 saturated carbocycles. The molecule has 2 rings (SSSR count). The van der Waals surface area contributed by atoms with Crippen LogP contribution in [0.1, 0.15) is 19.4 Å². The maximum absolute atomic E-state index is 11.0. The highest BCUT2D eigenvalue weighted by atomic mass is 16.2. The number of rotatable bonds is 1. The molecule has 13 heavy (non-hydrogen) atoms. The maximum atomic E-state index is 11.0. The Bertz CT molecular complexity index is 294. The molecule has 2 heterocycles. The average molecular weight is 178 g/mol. The van der Waals surface area contributed by atoms with Crippen LogP contribution in [0.2, 0.25) is 0 Å². The van der Waals surface area contributed by atoms with Gasteiger partial charge in [0.05, 0.1) is 12.2 Å². The molecule has 0 N–H and O–H groups in total. The first-order chi connectivity index (χ1) is 6.27. The van der Waals surface area contributed by atoms with Crippen molar-refractivity contribution in [3.05, 3.63) is 18.5 Å². The monoisotopic (exact) mass is 178 g/mol. The van der Waals surface area contributed by atoms with Crippen LogP contribution in [-0.4, -0.2) is 33.7 Å². The second-order valence-electron chi connectivity index (χ2n) is 3.33. The predicted molar refractivity (Wildman–Crippen MR) is 47.0 cm³/mol. The molecule has 4 nitrogen and oxygen atoms in total. The molecule has 0 aliphatic carbocycles. The first-order valence-corrected chi connectivity index (χ1v) is 4.43. The lowest BCUT2D eigenvalue weighted by molar-refractivity contribution is -0.127. The molecule has 0 aromatic carbocycles. The highest BCUT2D eigenvalue weighted by Crippen LogP contribution is 2.19. The van der Waals surface area contributed by atoms with Crippen LogP contribution in [0.5, 0.6) is 0 Å². The third-order valence-electron chi connectivity index (χ3n) is 2.46. The summed E-state index contributed by atoms with van der Waals surface area (Å²) < 4.78 is 1.88. The number of hydrogen-bond donors (Lipinski definition) is 0. The van der Waals surface area contributed by atoms with Crippen LogP contribution in [-0.2, 0) is 4.79 Å². The molecule has 1 fully saturated rings. The highest BCUT2D eigenvalue weighted by Gasteiger charge is 2.25. The van der Waals surface area contributed by atoms with Gasteiger partial charge < -0.3 is 4.90 Å². The van der Waals surface area contributed by atoms with Crippen molar-refractivity contribution in [3.63, 3.8) is 0 Å². The summed E-state index contributed by atoms with van der Waals surface area (Å²) in [5.74, 6) is 0.152. The van der Waals surface area contributed by atoms with Crippen LogP contribution in [0.25, 0.3) is 0 Å². The Hall–Kier alpha value is -1.32. The topological polar surface area (TPSA) is 38.1 Å². The van der Waals surface area contributed by atoms with Gasteiger partial charge >= 0.3 is 0 Å². The van der Waals surface area contributed by atoms with Gasteiger partial charge in [0.25, 0.3) is 0 Å². The van der Waals surface area contributed by atoms with Gasteiger partial charge in [0.15, 0.2) is 0 Å². The van der Waals surface area contributed by atoms with Gasteiger partial charge in [0, 0.05) is 32.3 Å². The molecule has 1 radical (unpaired) electrons. The number of nitrogens with zero attached hydrogens (tertiary/aromatic N) is 3. The molecule has 1 unspecified atom stereocenters. The molecule has 1 saturated heterocycles. The van der Waals surface area contributed by atoms with Gasteiger partial charge in [-0.3, -0.25) is 9.48 Å². The second kappa shape index (κ2) is 3.20. The van der Waals surface area contributed by atoms with E-state index in [1.165, 1.54) is 0 Å². The number of carbonyl (C=O) groups is 1. The minimum Gasteiger partial charge on any atom is -0.341 e. The van der Waals surface area contributed by atoms with Gasteiger partial charge in [-0.1, -0.05) is 0 Å². The number of amides is 1. The van der Waals surface area contributed by atoms with Crippen molar-refractivity contribution in [2.45, 2.75) is 19.4 Å². The summed E-state index contributed by atoms with van der Waals surface area (Å²) in [6, 6.07) is 3.24. The van der Waals surface area contributed by atoms with Gasteiger partial charge in [-0.25, -0.2) is 0 Å². The Morgan fingerprint density at radius 3 is 3.08 bits per heavy atom. The first-order valence-electron chi connectivity index (χ1n) is 4.43. The van der Waals surface area contributed by atoms with E-state index >= 15 is 0 Å². The van der Waals surface area contributed by atoms with E-state index in [-0.39, 0.29) is 5.91 Å². The predicted octanol–water partition coefficient (Wildman–Crippen LogP) is 0.477. The maximum Gasteiger partial charge on any atom is 0.219 e. The molecular weight excluding hydrogens is 166 g/mol. The standard InChI is InChI=1S/C9H12N3O/c1-8(13)11-6-3-9(7-11)12-5-2-4-10-12/h4-5,9H,3,6-7H2,1H3. The van der Waals surface area contributed by atoms with Gasteiger partial charge in [-0.15, -0.1) is 0 Å². The normalized spacial score (nSPS) is 22.2. The SMILES string of the molecule is CC(=O)N1CCC(n2c[c]cn2)C1. The van der Waals surface area contributed by atoms with Gasteiger partial charge in [0.1, 0.15) is 0 Å². The van der Waals surface area contributed by atoms with Crippen LogP contribution >= 0.6 is 0 Å². The molecule has 4 heteroatoms. The third-order valence-corrected chi connectivity index (χ3v) is 2.46. The summed E-state index contributed by atoms with van der Waals surface area (Å²) in [5.41, 5.74) is 0. The Morgan fingerprint density at radius 1 is 1.69 bits per heavy atom. The lowest BCUT2D eigenvalue weighted by Crippen LogP contribution is -2.26. The van der Waals surface area contributed by atoms with Crippen molar-refractivity contribution in [1.82, 2.24) is 14.7 Å². The van der Waals surface area contributed by atoms with Crippen LogP contribution in [0.3, 0.4) is 0 Å². The lowest BCUT2D eigenvalue weighted by Gasteiger charge is -2.13. The fourth-order valence-corrected chi connectivity index (χ4v) is 1.69. The van der Waals surface area contributed by atoms with E-state index in [0.717, 1.165) is 19.5 Å². The van der Waals surface area contributed by atoms with E-state index in [4.69, 9.17) is 0 Å². The zero-order chi connectivity index (χ0) is 9.26. The largest absolute Gasteiger partial charge is 0.341 e. The molecular formula is C9H12N3O. The summed E-state index contributed by atoms with van der Waals surface area (Å²) in [5, 5.41) is 4.12. The number of carbonyl (C=O) groups excluding carboxylic acids is 1. The number of likely N-dealkylation sites (tertiary alicyclic amines) is 1. The van der Waals surface area contributed by atoms with Crippen LogP contribution < -0.4 is 0 Å². The molecule has 1 amide bonds. The van der Waals surface area contributed by atoms with E-state index in [0.29, 0.717) is 6.04 Å².